The zero-order chi connectivity index (χ0) is 24.3. The fourth-order valence-corrected chi connectivity index (χ4v) is 6.01. The lowest BCUT2D eigenvalue weighted by molar-refractivity contribution is -0.154. The van der Waals surface area contributed by atoms with Crippen molar-refractivity contribution >= 4 is 33.4 Å². The minimum absolute atomic E-state index is 0.0207. The van der Waals surface area contributed by atoms with Gasteiger partial charge in [0.1, 0.15) is 17.0 Å². The first-order chi connectivity index (χ1) is 16.3. The van der Waals surface area contributed by atoms with Gasteiger partial charge in [-0.15, -0.1) is 0 Å². The number of carbonyl (C=O) groups excluding carboxylic acids is 1. The van der Waals surface area contributed by atoms with Crippen LogP contribution in [0.25, 0.3) is 0 Å². The summed E-state index contributed by atoms with van der Waals surface area (Å²) in [5.74, 6) is -1.99. The molecule has 1 amide bonds. The van der Waals surface area contributed by atoms with Crippen LogP contribution in [-0.4, -0.2) is 41.4 Å². The van der Waals surface area contributed by atoms with E-state index < -0.39 is 35.0 Å². The molecule has 5 rings (SSSR count). The number of nitrogens with zero attached hydrogens (tertiary/aromatic N) is 1. The third kappa shape index (κ3) is 2.95. The molecule has 2 heterocycles. The molecule has 3 N–H and O–H groups in total. The van der Waals surface area contributed by atoms with E-state index in [1.165, 1.54) is 20.2 Å². The molecule has 176 valence electrons. The molecular formula is C25H22BrClN2O5. The lowest BCUT2D eigenvalue weighted by atomic mass is 9.71. The van der Waals surface area contributed by atoms with E-state index in [1.807, 2.05) is 42.5 Å². The SMILES string of the molecule is CNC(=O)C1C(O)C2(O)c3c(cc(Cl)nc3OC)OC2(c2ccc(Br)cc2)C1c1ccccc1. The van der Waals surface area contributed by atoms with Gasteiger partial charge in [0, 0.05) is 23.5 Å². The Balaban J connectivity index is 1.90. The Kier molecular flexibility index (Phi) is 5.60. The normalized spacial score (nSPS) is 29.2. The average Bonchev–Trinajstić information content (AvgIpc) is 3.21. The standard InChI is InChI=1S/C25H22BrClN2O5/c1-28-22(31)18-19(13-6-4-3-5-7-13)25(14-8-10-15(26)11-9-14)24(32,21(18)30)20-16(34-25)12-17(27)29-23(20)33-2/h3-12,18-19,21,30,32H,1-2H3,(H,28,31). The molecule has 0 bridgehead atoms. The summed E-state index contributed by atoms with van der Waals surface area (Å²) < 4.78 is 12.9. The fraction of sp³-hybridized carbons (Fsp3) is 0.280. The van der Waals surface area contributed by atoms with Crippen molar-refractivity contribution in [3.63, 3.8) is 0 Å². The summed E-state index contributed by atoms with van der Waals surface area (Å²) in [6.07, 6.45) is -1.56. The van der Waals surface area contributed by atoms with E-state index in [-0.39, 0.29) is 22.3 Å². The summed E-state index contributed by atoms with van der Waals surface area (Å²) in [5.41, 5.74) is -2.22. The molecule has 5 atom stereocenters. The third-order valence-corrected chi connectivity index (χ3v) is 7.60. The largest absolute Gasteiger partial charge is 0.481 e. The Morgan fingerprint density at radius 2 is 1.88 bits per heavy atom. The lowest BCUT2D eigenvalue weighted by Gasteiger charge is -2.40. The van der Waals surface area contributed by atoms with Gasteiger partial charge >= 0.3 is 0 Å². The Labute approximate surface area is 209 Å². The number of rotatable bonds is 4. The quantitative estimate of drug-likeness (QED) is 0.434. The molecule has 1 aliphatic carbocycles. The first-order valence-corrected chi connectivity index (χ1v) is 11.8. The van der Waals surface area contributed by atoms with E-state index in [0.717, 1.165) is 10.0 Å². The number of nitrogens with one attached hydrogen (secondary N) is 1. The molecule has 0 spiro atoms. The summed E-state index contributed by atoms with van der Waals surface area (Å²) >= 11 is 9.68. The van der Waals surface area contributed by atoms with Crippen LogP contribution < -0.4 is 14.8 Å². The van der Waals surface area contributed by atoms with Crippen molar-refractivity contribution in [2.24, 2.45) is 5.92 Å². The van der Waals surface area contributed by atoms with E-state index >= 15 is 0 Å². The van der Waals surface area contributed by atoms with Gasteiger partial charge in [0.15, 0.2) is 11.2 Å². The number of carbonyl (C=O) groups is 1. The predicted octanol–water partition coefficient (Wildman–Crippen LogP) is 3.50. The smallest absolute Gasteiger partial charge is 0.226 e. The Bertz CT molecular complexity index is 1260. The molecule has 5 unspecified atom stereocenters. The van der Waals surface area contributed by atoms with Gasteiger partial charge in [-0.3, -0.25) is 4.79 Å². The molecule has 1 aliphatic heterocycles. The second kappa shape index (κ2) is 8.23. The molecule has 1 aromatic heterocycles. The monoisotopic (exact) mass is 544 g/mol. The van der Waals surface area contributed by atoms with Gasteiger partial charge in [0.2, 0.25) is 11.8 Å². The maximum atomic E-state index is 13.2. The zero-order valence-corrected chi connectivity index (χ0v) is 20.7. The van der Waals surface area contributed by atoms with Crippen LogP contribution in [0.1, 0.15) is 22.6 Å². The Morgan fingerprint density at radius 1 is 1.21 bits per heavy atom. The summed E-state index contributed by atoms with van der Waals surface area (Å²) in [7, 11) is 2.90. The summed E-state index contributed by atoms with van der Waals surface area (Å²) in [4.78, 5) is 17.4. The van der Waals surface area contributed by atoms with Crippen LogP contribution in [0.3, 0.4) is 0 Å². The average molecular weight is 546 g/mol. The summed E-state index contributed by atoms with van der Waals surface area (Å²) in [6.45, 7) is 0. The molecule has 1 saturated carbocycles. The Morgan fingerprint density at radius 3 is 2.50 bits per heavy atom. The number of halogens is 2. The van der Waals surface area contributed by atoms with Crippen LogP contribution in [0.5, 0.6) is 11.6 Å². The van der Waals surface area contributed by atoms with Crippen LogP contribution in [0, 0.1) is 5.92 Å². The van der Waals surface area contributed by atoms with Crippen LogP contribution in [0.15, 0.2) is 65.1 Å². The van der Waals surface area contributed by atoms with Crippen molar-refractivity contribution in [1.82, 2.24) is 10.3 Å². The van der Waals surface area contributed by atoms with Gasteiger partial charge in [-0.1, -0.05) is 70.0 Å². The molecule has 9 heteroatoms. The molecule has 2 aromatic carbocycles. The van der Waals surface area contributed by atoms with Gasteiger partial charge in [0.25, 0.3) is 0 Å². The van der Waals surface area contributed by atoms with Crippen molar-refractivity contribution in [2.45, 2.75) is 23.2 Å². The highest BCUT2D eigenvalue weighted by Gasteiger charge is 2.78. The van der Waals surface area contributed by atoms with Gasteiger partial charge in [-0.2, -0.15) is 0 Å². The maximum Gasteiger partial charge on any atom is 0.226 e. The number of aromatic nitrogens is 1. The molecule has 34 heavy (non-hydrogen) atoms. The van der Waals surface area contributed by atoms with Gasteiger partial charge < -0.3 is 25.0 Å². The van der Waals surface area contributed by atoms with Crippen molar-refractivity contribution in [3.8, 4) is 11.6 Å². The second-order valence-corrected chi connectivity index (χ2v) is 9.71. The van der Waals surface area contributed by atoms with E-state index in [9.17, 15) is 15.0 Å². The molecular weight excluding hydrogens is 524 g/mol. The third-order valence-electron chi connectivity index (χ3n) is 6.88. The molecule has 3 aromatic rings. The molecule has 0 saturated heterocycles. The van der Waals surface area contributed by atoms with Crippen molar-refractivity contribution in [2.75, 3.05) is 14.2 Å². The predicted molar refractivity (Wildman–Crippen MR) is 129 cm³/mol. The van der Waals surface area contributed by atoms with Crippen LogP contribution >= 0.6 is 27.5 Å². The van der Waals surface area contributed by atoms with Crippen molar-refractivity contribution in [3.05, 3.63) is 87.0 Å². The first kappa shape index (κ1) is 23.1. The number of aliphatic hydroxyl groups is 2. The minimum atomic E-state index is -2.09. The lowest BCUT2D eigenvalue weighted by Crippen LogP contribution is -2.52. The minimum Gasteiger partial charge on any atom is -0.481 e. The number of benzene rings is 2. The fourth-order valence-electron chi connectivity index (χ4n) is 5.57. The van der Waals surface area contributed by atoms with Gasteiger partial charge in [-0.05, 0) is 23.3 Å². The zero-order valence-electron chi connectivity index (χ0n) is 18.3. The number of pyridine rings is 1. The Hall–Kier alpha value is -2.65. The number of amides is 1. The maximum absolute atomic E-state index is 13.2. The van der Waals surface area contributed by atoms with Crippen LogP contribution in [0.4, 0.5) is 0 Å². The number of methoxy groups -OCH3 is 1. The van der Waals surface area contributed by atoms with Crippen LogP contribution in [0.2, 0.25) is 5.15 Å². The van der Waals surface area contributed by atoms with E-state index in [4.69, 9.17) is 21.1 Å². The van der Waals surface area contributed by atoms with E-state index in [0.29, 0.717) is 5.56 Å². The second-order valence-electron chi connectivity index (χ2n) is 8.41. The molecule has 7 nitrogen and oxygen atoms in total. The van der Waals surface area contributed by atoms with E-state index in [1.54, 1.807) is 12.1 Å². The summed E-state index contributed by atoms with van der Waals surface area (Å²) in [5, 5.41) is 27.0. The number of fused-ring (bicyclic) bond motifs is 3. The van der Waals surface area contributed by atoms with E-state index in [2.05, 4.69) is 26.2 Å². The number of hydrogen-bond acceptors (Lipinski definition) is 6. The molecule has 1 fully saturated rings. The highest BCUT2D eigenvalue weighted by Crippen LogP contribution is 2.69. The number of aliphatic hydroxyl groups excluding tert-OH is 1. The highest BCUT2D eigenvalue weighted by atomic mass is 79.9. The van der Waals surface area contributed by atoms with Gasteiger partial charge in [0.05, 0.1) is 18.6 Å². The number of ether oxygens (including phenoxy) is 2. The van der Waals surface area contributed by atoms with Crippen molar-refractivity contribution in [1.29, 1.82) is 0 Å². The topological polar surface area (TPSA) is 101 Å². The molecule has 2 aliphatic rings. The van der Waals surface area contributed by atoms with Crippen LogP contribution in [-0.2, 0) is 16.0 Å². The summed E-state index contributed by atoms with van der Waals surface area (Å²) in [6, 6.07) is 18.0. The first-order valence-electron chi connectivity index (χ1n) is 10.7. The number of hydrogen-bond donors (Lipinski definition) is 3. The highest BCUT2D eigenvalue weighted by molar-refractivity contribution is 9.10. The van der Waals surface area contributed by atoms with Crippen molar-refractivity contribution < 1.29 is 24.5 Å². The van der Waals surface area contributed by atoms with Gasteiger partial charge in [-0.25, -0.2) is 4.98 Å². The molecule has 0 radical (unpaired) electrons.